The standard InChI is InChI=1S/C20H26F3N5O2/c1-4-9-24-16(29)12-28-11-10-25-18(28)17(13(2)3)27-19(30)26-15-7-5-14(6-8-15)20(21,22)23/h5-8,10-11,13,17H,4,9,12H2,1-3H3,(H,24,29)(H2,26,27,30). The fourth-order valence-corrected chi connectivity index (χ4v) is 2.79. The zero-order valence-electron chi connectivity index (χ0n) is 17.1. The number of anilines is 1. The smallest absolute Gasteiger partial charge is 0.355 e. The second kappa shape index (κ2) is 10.1. The van der Waals surface area contributed by atoms with Crippen molar-refractivity contribution in [1.82, 2.24) is 20.2 Å². The Kier molecular flexibility index (Phi) is 7.85. The summed E-state index contributed by atoms with van der Waals surface area (Å²) in [5, 5.41) is 8.09. The maximum atomic E-state index is 12.7. The number of halogens is 3. The molecule has 164 valence electrons. The highest BCUT2D eigenvalue weighted by Gasteiger charge is 2.30. The van der Waals surface area contributed by atoms with E-state index >= 15 is 0 Å². The number of amides is 3. The predicted octanol–water partition coefficient (Wildman–Crippen LogP) is 3.95. The minimum Gasteiger partial charge on any atom is -0.355 e. The Morgan fingerprint density at radius 1 is 1.17 bits per heavy atom. The summed E-state index contributed by atoms with van der Waals surface area (Å²) in [6.45, 7) is 6.38. The van der Waals surface area contributed by atoms with Gasteiger partial charge in [-0.3, -0.25) is 4.79 Å². The number of benzene rings is 1. The predicted molar refractivity (Wildman–Crippen MR) is 107 cm³/mol. The summed E-state index contributed by atoms with van der Waals surface area (Å²) >= 11 is 0. The molecule has 0 saturated heterocycles. The normalized spacial score (nSPS) is 12.5. The molecule has 1 unspecified atom stereocenters. The Morgan fingerprint density at radius 3 is 2.40 bits per heavy atom. The molecule has 0 fully saturated rings. The van der Waals surface area contributed by atoms with Gasteiger partial charge in [-0.15, -0.1) is 0 Å². The van der Waals surface area contributed by atoms with Crippen LogP contribution in [0.15, 0.2) is 36.7 Å². The van der Waals surface area contributed by atoms with Crippen LogP contribution in [0.3, 0.4) is 0 Å². The van der Waals surface area contributed by atoms with Crippen LogP contribution in [0.1, 0.15) is 44.6 Å². The van der Waals surface area contributed by atoms with Gasteiger partial charge in [-0.2, -0.15) is 13.2 Å². The molecular weight excluding hydrogens is 399 g/mol. The quantitative estimate of drug-likeness (QED) is 0.599. The molecule has 1 atom stereocenters. The number of nitrogens with zero attached hydrogens (tertiary/aromatic N) is 2. The Bertz CT molecular complexity index is 847. The summed E-state index contributed by atoms with van der Waals surface area (Å²) in [4.78, 5) is 28.7. The number of hydrogen-bond acceptors (Lipinski definition) is 3. The number of rotatable bonds is 8. The number of nitrogens with one attached hydrogen (secondary N) is 3. The monoisotopic (exact) mass is 425 g/mol. The first-order chi connectivity index (χ1) is 14.1. The molecule has 3 N–H and O–H groups in total. The first kappa shape index (κ1) is 23.2. The van der Waals surface area contributed by atoms with Crippen LogP contribution in [0.4, 0.5) is 23.7 Å². The van der Waals surface area contributed by atoms with Gasteiger partial charge in [0.05, 0.1) is 11.6 Å². The van der Waals surface area contributed by atoms with Crippen molar-refractivity contribution in [2.24, 2.45) is 5.92 Å². The molecule has 10 heteroatoms. The van der Waals surface area contributed by atoms with E-state index in [-0.39, 0.29) is 24.1 Å². The summed E-state index contributed by atoms with van der Waals surface area (Å²) in [5.74, 6) is 0.301. The number of aromatic nitrogens is 2. The van der Waals surface area contributed by atoms with E-state index in [9.17, 15) is 22.8 Å². The van der Waals surface area contributed by atoms with Gasteiger partial charge in [0.15, 0.2) is 0 Å². The highest BCUT2D eigenvalue weighted by molar-refractivity contribution is 5.89. The lowest BCUT2D eigenvalue weighted by Gasteiger charge is -2.23. The molecule has 3 amide bonds. The number of alkyl halides is 3. The molecule has 1 heterocycles. The van der Waals surface area contributed by atoms with Crippen molar-refractivity contribution in [2.75, 3.05) is 11.9 Å². The van der Waals surface area contributed by atoms with Crippen molar-refractivity contribution in [1.29, 1.82) is 0 Å². The van der Waals surface area contributed by atoms with Gasteiger partial charge in [0.1, 0.15) is 12.4 Å². The fourth-order valence-electron chi connectivity index (χ4n) is 2.79. The van der Waals surface area contributed by atoms with E-state index in [1.54, 1.807) is 17.0 Å². The summed E-state index contributed by atoms with van der Waals surface area (Å²) in [6.07, 6.45) is -0.411. The van der Waals surface area contributed by atoms with E-state index in [0.29, 0.717) is 12.4 Å². The molecule has 0 radical (unpaired) electrons. The molecule has 0 aliphatic carbocycles. The zero-order chi connectivity index (χ0) is 22.3. The van der Waals surface area contributed by atoms with Gasteiger partial charge >= 0.3 is 12.2 Å². The average Bonchev–Trinajstić information content (AvgIpc) is 3.11. The fraction of sp³-hybridized carbons (Fsp3) is 0.450. The average molecular weight is 425 g/mol. The number of hydrogen-bond donors (Lipinski definition) is 3. The first-order valence-electron chi connectivity index (χ1n) is 9.64. The molecule has 0 saturated carbocycles. The number of carbonyl (C=O) groups excluding carboxylic acids is 2. The summed E-state index contributed by atoms with van der Waals surface area (Å²) in [5.41, 5.74) is -0.567. The minimum atomic E-state index is -4.44. The van der Waals surface area contributed by atoms with Gasteiger partial charge in [0.2, 0.25) is 5.91 Å². The molecule has 1 aromatic heterocycles. The maximum absolute atomic E-state index is 12.7. The molecule has 1 aromatic carbocycles. The van der Waals surface area contributed by atoms with Crippen molar-refractivity contribution >= 4 is 17.6 Å². The molecule has 0 spiro atoms. The van der Waals surface area contributed by atoms with Crippen molar-refractivity contribution in [3.63, 3.8) is 0 Å². The summed E-state index contributed by atoms with van der Waals surface area (Å²) < 4.78 is 39.6. The highest BCUT2D eigenvalue weighted by atomic mass is 19.4. The van der Waals surface area contributed by atoms with Crippen molar-refractivity contribution < 1.29 is 22.8 Å². The Labute approximate surface area is 173 Å². The molecule has 0 aliphatic heterocycles. The van der Waals surface area contributed by atoms with E-state index < -0.39 is 23.8 Å². The minimum absolute atomic E-state index is 0.0526. The Morgan fingerprint density at radius 2 is 1.83 bits per heavy atom. The number of urea groups is 1. The van der Waals surface area contributed by atoms with Gasteiger partial charge in [0, 0.05) is 24.6 Å². The van der Waals surface area contributed by atoms with E-state index in [2.05, 4.69) is 20.9 Å². The third-order valence-electron chi connectivity index (χ3n) is 4.34. The van der Waals surface area contributed by atoms with Crippen LogP contribution in [0.25, 0.3) is 0 Å². The topological polar surface area (TPSA) is 88.1 Å². The van der Waals surface area contributed by atoms with Gasteiger partial charge in [0.25, 0.3) is 0 Å². The molecule has 7 nitrogen and oxygen atoms in total. The van der Waals surface area contributed by atoms with Crippen molar-refractivity contribution in [3.05, 3.63) is 48.0 Å². The van der Waals surface area contributed by atoms with Gasteiger partial charge in [-0.25, -0.2) is 9.78 Å². The molecule has 0 aliphatic rings. The van der Waals surface area contributed by atoms with Crippen LogP contribution in [-0.2, 0) is 17.5 Å². The largest absolute Gasteiger partial charge is 0.416 e. The van der Waals surface area contributed by atoms with Crippen LogP contribution in [0, 0.1) is 5.92 Å². The first-order valence-corrected chi connectivity index (χ1v) is 9.64. The Balaban J connectivity index is 2.06. The third-order valence-corrected chi connectivity index (χ3v) is 4.34. The Hall–Kier alpha value is -3.04. The van der Waals surface area contributed by atoms with Crippen LogP contribution in [-0.4, -0.2) is 28.0 Å². The van der Waals surface area contributed by atoms with Crippen molar-refractivity contribution in [2.45, 2.75) is 46.0 Å². The lowest BCUT2D eigenvalue weighted by molar-refractivity contribution is -0.137. The summed E-state index contributed by atoms with van der Waals surface area (Å²) in [6, 6.07) is 3.08. The second-order valence-electron chi connectivity index (χ2n) is 7.16. The number of carbonyl (C=O) groups is 2. The van der Waals surface area contributed by atoms with Crippen LogP contribution in [0.2, 0.25) is 0 Å². The molecule has 30 heavy (non-hydrogen) atoms. The van der Waals surface area contributed by atoms with Crippen LogP contribution < -0.4 is 16.0 Å². The zero-order valence-corrected chi connectivity index (χ0v) is 17.1. The maximum Gasteiger partial charge on any atom is 0.416 e. The van der Waals surface area contributed by atoms with E-state index in [0.717, 1.165) is 18.6 Å². The van der Waals surface area contributed by atoms with Gasteiger partial charge < -0.3 is 20.5 Å². The summed E-state index contributed by atoms with van der Waals surface area (Å²) in [7, 11) is 0. The van der Waals surface area contributed by atoms with Crippen LogP contribution in [0.5, 0.6) is 0 Å². The highest BCUT2D eigenvalue weighted by Crippen LogP contribution is 2.29. The van der Waals surface area contributed by atoms with Crippen LogP contribution >= 0.6 is 0 Å². The van der Waals surface area contributed by atoms with Gasteiger partial charge in [-0.1, -0.05) is 20.8 Å². The molecule has 0 bridgehead atoms. The second-order valence-corrected chi connectivity index (χ2v) is 7.16. The van der Waals surface area contributed by atoms with E-state index in [4.69, 9.17) is 0 Å². The lowest BCUT2D eigenvalue weighted by Crippen LogP contribution is -2.37. The third kappa shape index (κ3) is 6.50. The molecule has 2 aromatic rings. The van der Waals surface area contributed by atoms with Crippen molar-refractivity contribution in [3.8, 4) is 0 Å². The SMILES string of the molecule is CCCNC(=O)Cn1ccnc1C(NC(=O)Nc1ccc(C(F)(F)F)cc1)C(C)C. The number of imidazole rings is 1. The lowest BCUT2D eigenvalue weighted by atomic mass is 10.0. The molecule has 2 rings (SSSR count). The van der Waals surface area contributed by atoms with E-state index in [1.165, 1.54) is 12.1 Å². The molecular formula is C20H26F3N5O2. The van der Waals surface area contributed by atoms with Gasteiger partial charge in [-0.05, 0) is 36.6 Å². The van der Waals surface area contributed by atoms with E-state index in [1.807, 2.05) is 20.8 Å².